The Bertz CT molecular complexity index is 303. The van der Waals surface area contributed by atoms with Gasteiger partial charge in [0.25, 0.3) is 0 Å². The largest absolute Gasteiger partial charge is 0.399 e. The zero-order valence-electron chi connectivity index (χ0n) is 10.2. The molecule has 2 heteroatoms. The molecule has 0 unspecified atom stereocenters. The lowest BCUT2D eigenvalue weighted by molar-refractivity contribution is 0.334. The number of nitrogens with two attached hydrogens (primary N) is 1. The zero-order valence-corrected chi connectivity index (χ0v) is 10.2. The quantitative estimate of drug-likeness (QED) is 0.433. The third-order valence-corrected chi connectivity index (χ3v) is 2.71. The molecule has 2 N–H and O–H groups in total. The third kappa shape index (κ3) is 4.99. The third-order valence-electron chi connectivity index (χ3n) is 2.71. The number of allylic oxidation sites excluding steroid dienone is 1. The van der Waals surface area contributed by atoms with Gasteiger partial charge in [0.05, 0.1) is 0 Å². The Morgan fingerprint density at radius 1 is 1.25 bits per heavy atom. The average Bonchev–Trinajstić information content (AvgIpc) is 2.29. The molecule has 0 heterocycles. The molecule has 0 saturated carbocycles. The van der Waals surface area contributed by atoms with Crippen molar-refractivity contribution in [2.45, 2.75) is 19.3 Å². The molecule has 0 amide bonds. The van der Waals surface area contributed by atoms with Gasteiger partial charge < -0.3 is 10.6 Å². The molecule has 0 fully saturated rings. The predicted octanol–water partition coefficient (Wildman–Crippen LogP) is 2.71. The zero-order chi connectivity index (χ0) is 11.8. The average molecular weight is 218 g/mol. The summed E-state index contributed by atoms with van der Waals surface area (Å²) in [6, 6.07) is 8.14. The maximum Gasteiger partial charge on any atom is 0.0314 e. The number of nitrogens with zero attached hydrogens (tertiary/aromatic N) is 1. The molecule has 0 spiro atoms. The molecule has 88 valence electrons. The van der Waals surface area contributed by atoms with E-state index in [1.165, 1.54) is 12.0 Å². The van der Waals surface area contributed by atoms with Crippen molar-refractivity contribution in [3.05, 3.63) is 42.5 Å². The van der Waals surface area contributed by atoms with Gasteiger partial charge in [0, 0.05) is 12.2 Å². The van der Waals surface area contributed by atoms with E-state index in [9.17, 15) is 0 Å². The number of benzene rings is 1. The van der Waals surface area contributed by atoms with E-state index >= 15 is 0 Å². The lowest BCUT2D eigenvalue weighted by atomic mass is 10.1. The number of hydrogen-bond acceptors (Lipinski definition) is 2. The smallest absolute Gasteiger partial charge is 0.0314 e. The van der Waals surface area contributed by atoms with E-state index in [2.05, 4.69) is 30.7 Å². The van der Waals surface area contributed by atoms with E-state index in [-0.39, 0.29) is 0 Å². The standard InChI is InChI=1S/C14H22N2/c1-3-4-5-11-16(2)12-10-13-6-8-14(15)9-7-13/h3,6-9H,1,4-5,10-12,15H2,2H3. The van der Waals surface area contributed by atoms with Gasteiger partial charge in [-0.25, -0.2) is 0 Å². The van der Waals surface area contributed by atoms with Gasteiger partial charge in [-0.2, -0.15) is 0 Å². The molecular weight excluding hydrogens is 196 g/mol. The molecular formula is C14H22N2. The van der Waals surface area contributed by atoms with Crippen LogP contribution in [0.3, 0.4) is 0 Å². The van der Waals surface area contributed by atoms with Gasteiger partial charge in [0.2, 0.25) is 0 Å². The highest BCUT2D eigenvalue weighted by molar-refractivity contribution is 5.39. The number of unbranched alkanes of at least 4 members (excludes halogenated alkanes) is 1. The Kier molecular flexibility index (Phi) is 5.65. The van der Waals surface area contributed by atoms with Crippen molar-refractivity contribution >= 4 is 5.69 Å². The first-order chi connectivity index (χ1) is 7.72. The fraction of sp³-hybridized carbons (Fsp3) is 0.429. The highest BCUT2D eigenvalue weighted by atomic mass is 15.1. The molecule has 0 bridgehead atoms. The predicted molar refractivity (Wildman–Crippen MR) is 71.5 cm³/mol. The van der Waals surface area contributed by atoms with Crippen LogP contribution < -0.4 is 5.73 Å². The van der Waals surface area contributed by atoms with Gasteiger partial charge in [-0.3, -0.25) is 0 Å². The van der Waals surface area contributed by atoms with Gasteiger partial charge in [0.15, 0.2) is 0 Å². The minimum atomic E-state index is 0.836. The number of rotatable bonds is 7. The lowest BCUT2D eigenvalue weighted by Crippen LogP contribution is -2.22. The number of likely N-dealkylation sites (N-methyl/N-ethyl adjacent to an activating group) is 1. The molecule has 0 aliphatic heterocycles. The van der Waals surface area contributed by atoms with E-state index in [1.54, 1.807) is 0 Å². The summed E-state index contributed by atoms with van der Waals surface area (Å²) in [5.41, 5.74) is 7.83. The first-order valence-electron chi connectivity index (χ1n) is 5.86. The van der Waals surface area contributed by atoms with Crippen molar-refractivity contribution in [1.29, 1.82) is 0 Å². The molecule has 0 aliphatic carbocycles. The second-order valence-corrected chi connectivity index (χ2v) is 4.23. The van der Waals surface area contributed by atoms with E-state index < -0.39 is 0 Å². The summed E-state index contributed by atoms with van der Waals surface area (Å²) in [7, 11) is 2.17. The van der Waals surface area contributed by atoms with Gasteiger partial charge in [-0.1, -0.05) is 18.2 Å². The van der Waals surface area contributed by atoms with Crippen LogP contribution in [0, 0.1) is 0 Å². The van der Waals surface area contributed by atoms with Gasteiger partial charge >= 0.3 is 0 Å². The summed E-state index contributed by atoms with van der Waals surface area (Å²) < 4.78 is 0. The van der Waals surface area contributed by atoms with E-state index in [0.717, 1.165) is 31.6 Å². The Morgan fingerprint density at radius 2 is 1.94 bits per heavy atom. The number of hydrogen-bond donors (Lipinski definition) is 1. The van der Waals surface area contributed by atoms with Crippen LogP contribution in [0.4, 0.5) is 5.69 Å². The van der Waals surface area contributed by atoms with Crippen LogP contribution in [0.15, 0.2) is 36.9 Å². The van der Waals surface area contributed by atoms with Crippen molar-refractivity contribution in [3.63, 3.8) is 0 Å². The Hall–Kier alpha value is -1.28. The SMILES string of the molecule is C=CCCCN(C)CCc1ccc(N)cc1. The topological polar surface area (TPSA) is 29.3 Å². The van der Waals surface area contributed by atoms with Crippen molar-refractivity contribution < 1.29 is 0 Å². The van der Waals surface area contributed by atoms with Crippen molar-refractivity contribution in [3.8, 4) is 0 Å². The first kappa shape index (κ1) is 12.8. The van der Waals surface area contributed by atoms with Crippen LogP contribution in [-0.4, -0.2) is 25.0 Å². The first-order valence-corrected chi connectivity index (χ1v) is 5.86. The second-order valence-electron chi connectivity index (χ2n) is 4.23. The molecule has 0 radical (unpaired) electrons. The summed E-state index contributed by atoms with van der Waals surface area (Å²) in [6.45, 7) is 5.97. The van der Waals surface area contributed by atoms with E-state index in [0.29, 0.717) is 0 Å². The maximum atomic E-state index is 5.64. The van der Waals surface area contributed by atoms with E-state index in [4.69, 9.17) is 5.73 Å². The fourth-order valence-electron chi connectivity index (χ4n) is 1.62. The normalized spacial score (nSPS) is 10.6. The van der Waals surface area contributed by atoms with Gasteiger partial charge in [-0.15, -0.1) is 6.58 Å². The molecule has 0 atom stereocenters. The monoisotopic (exact) mass is 218 g/mol. The summed E-state index contributed by atoms with van der Waals surface area (Å²) in [5, 5.41) is 0. The molecule has 1 rings (SSSR count). The van der Waals surface area contributed by atoms with Crippen molar-refractivity contribution in [2.24, 2.45) is 0 Å². The minimum absolute atomic E-state index is 0.836. The second kappa shape index (κ2) is 7.07. The fourth-order valence-corrected chi connectivity index (χ4v) is 1.62. The Balaban J connectivity index is 2.23. The molecule has 0 aliphatic rings. The highest BCUT2D eigenvalue weighted by Gasteiger charge is 1.98. The van der Waals surface area contributed by atoms with Gasteiger partial charge in [-0.05, 0) is 50.6 Å². The van der Waals surface area contributed by atoms with Crippen LogP contribution in [0.2, 0.25) is 0 Å². The summed E-state index contributed by atoms with van der Waals surface area (Å²) in [6.07, 6.45) is 5.37. The molecule has 0 saturated heterocycles. The molecule has 1 aromatic rings. The maximum absolute atomic E-state index is 5.64. The molecule has 2 nitrogen and oxygen atoms in total. The Labute approximate surface area is 98.8 Å². The number of anilines is 1. The van der Waals surface area contributed by atoms with Crippen LogP contribution in [0.25, 0.3) is 0 Å². The van der Waals surface area contributed by atoms with E-state index in [1.807, 2.05) is 18.2 Å². The molecule has 0 aromatic heterocycles. The molecule has 1 aromatic carbocycles. The summed E-state index contributed by atoms with van der Waals surface area (Å²) in [4.78, 5) is 2.36. The summed E-state index contributed by atoms with van der Waals surface area (Å²) >= 11 is 0. The number of nitrogen functional groups attached to an aromatic ring is 1. The van der Waals surface area contributed by atoms with Gasteiger partial charge in [0.1, 0.15) is 0 Å². The van der Waals surface area contributed by atoms with Crippen molar-refractivity contribution in [2.75, 3.05) is 25.9 Å². The van der Waals surface area contributed by atoms with Crippen molar-refractivity contribution in [1.82, 2.24) is 4.90 Å². The van der Waals surface area contributed by atoms with Crippen LogP contribution in [0.5, 0.6) is 0 Å². The lowest BCUT2D eigenvalue weighted by Gasteiger charge is -2.15. The molecule has 16 heavy (non-hydrogen) atoms. The van der Waals surface area contributed by atoms with Crippen LogP contribution >= 0.6 is 0 Å². The van der Waals surface area contributed by atoms with Crippen LogP contribution in [0.1, 0.15) is 18.4 Å². The van der Waals surface area contributed by atoms with Crippen LogP contribution in [-0.2, 0) is 6.42 Å². The Morgan fingerprint density at radius 3 is 2.56 bits per heavy atom. The summed E-state index contributed by atoms with van der Waals surface area (Å²) in [5.74, 6) is 0. The minimum Gasteiger partial charge on any atom is -0.399 e. The highest BCUT2D eigenvalue weighted by Crippen LogP contribution is 2.06.